The number of benzene rings is 2. The first-order valence-corrected chi connectivity index (χ1v) is 7.62. The molecule has 0 saturated carbocycles. The molecule has 0 saturated heterocycles. The Kier molecular flexibility index (Phi) is 2.92. The summed E-state index contributed by atoms with van der Waals surface area (Å²) in [6.07, 6.45) is 0. The first kappa shape index (κ1) is 14.9. The minimum Gasteiger partial charge on any atom is -0.458 e. The summed E-state index contributed by atoms with van der Waals surface area (Å²) in [5.41, 5.74) is -0.653. The van der Waals surface area contributed by atoms with Crippen LogP contribution in [0, 0.1) is 0 Å². The van der Waals surface area contributed by atoms with Gasteiger partial charge in [0.15, 0.2) is 5.60 Å². The lowest BCUT2D eigenvalue weighted by Gasteiger charge is -2.28. The smallest absolute Gasteiger partial charge is 0.346 e. The molecule has 3 aromatic rings. The molecule has 24 heavy (non-hydrogen) atoms. The summed E-state index contributed by atoms with van der Waals surface area (Å²) in [7, 11) is 0. The van der Waals surface area contributed by atoms with Gasteiger partial charge in [-0.2, -0.15) is 0 Å². The topological polar surface area (TPSA) is 79.9 Å². The van der Waals surface area contributed by atoms with Crippen molar-refractivity contribution in [3.8, 4) is 16.9 Å². The summed E-state index contributed by atoms with van der Waals surface area (Å²) in [4.78, 5) is 12.5. The van der Waals surface area contributed by atoms with Gasteiger partial charge in [0.05, 0.1) is 5.39 Å². The summed E-state index contributed by atoms with van der Waals surface area (Å²) >= 11 is 0. The molecule has 2 aromatic carbocycles. The van der Waals surface area contributed by atoms with Gasteiger partial charge in [-0.05, 0) is 18.6 Å². The van der Waals surface area contributed by atoms with E-state index in [2.05, 4.69) is 0 Å². The summed E-state index contributed by atoms with van der Waals surface area (Å²) in [6.45, 7) is 2.65. The number of hydrogen-bond acceptors (Lipinski definition) is 5. The van der Waals surface area contributed by atoms with Crippen LogP contribution in [0.1, 0.15) is 19.4 Å². The van der Waals surface area contributed by atoms with Crippen LogP contribution in [-0.4, -0.2) is 16.0 Å². The monoisotopic (exact) mass is 324 g/mol. The normalized spacial score (nSPS) is 25.5. The largest absolute Gasteiger partial charge is 0.458 e. The van der Waals surface area contributed by atoms with Crippen LogP contribution in [0.15, 0.2) is 57.7 Å². The van der Waals surface area contributed by atoms with E-state index < -0.39 is 17.0 Å². The number of fused-ring (bicyclic) bond motifs is 3. The Labute approximate surface area is 137 Å². The molecule has 0 radical (unpaired) electrons. The molecular formula is C19H16O5. The maximum atomic E-state index is 12.5. The zero-order valence-electron chi connectivity index (χ0n) is 13.2. The zero-order chi connectivity index (χ0) is 17.1. The molecule has 0 aliphatic carbocycles. The van der Waals surface area contributed by atoms with E-state index in [1.54, 1.807) is 6.07 Å². The molecule has 122 valence electrons. The molecule has 0 amide bonds. The molecule has 0 spiro atoms. The maximum absolute atomic E-state index is 12.5. The number of rotatable bonds is 1. The molecule has 2 unspecified atom stereocenters. The molecule has 1 aliphatic heterocycles. The fraction of sp³-hybridized carbons (Fsp3) is 0.211. The van der Waals surface area contributed by atoms with Crippen molar-refractivity contribution in [2.45, 2.75) is 25.2 Å². The van der Waals surface area contributed by atoms with Crippen molar-refractivity contribution in [3.05, 3.63) is 64.5 Å². The Hall–Kier alpha value is -2.63. The van der Waals surface area contributed by atoms with E-state index in [1.807, 2.05) is 42.5 Å². The van der Waals surface area contributed by atoms with Crippen LogP contribution in [0.25, 0.3) is 22.1 Å². The molecule has 0 bridgehead atoms. The van der Waals surface area contributed by atoms with Crippen LogP contribution in [0.4, 0.5) is 0 Å². The number of aliphatic hydroxyl groups is 2. The Morgan fingerprint density at radius 1 is 0.958 bits per heavy atom. The maximum Gasteiger partial charge on any atom is 0.346 e. The average Bonchev–Trinajstić information content (AvgIpc) is 2.74. The summed E-state index contributed by atoms with van der Waals surface area (Å²) < 4.78 is 11.1. The molecule has 2 N–H and O–H groups in total. The van der Waals surface area contributed by atoms with Crippen molar-refractivity contribution in [1.29, 1.82) is 0 Å². The SMILES string of the molecule is CC1(O)Oc2c(c(=O)oc3c(-c4ccccc4)cccc23)C1(C)O. The van der Waals surface area contributed by atoms with Gasteiger partial charge in [0.1, 0.15) is 16.9 Å². The number of hydrogen-bond donors (Lipinski definition) is 2. The van der Waals surface area contributed by atoms with E-state index in [4.69, 9.17) is 9.15 Å². The van der Waals surface area contributed by atoms with Crippen LogP contribution < -0.4 is 10.4 Å². The van der Waals surface area contributed by atoms with Crippen LogP contribution in [0.3, 0.4) is 0 Å². The highest BCUT2D eigenvalue weighted by Crippen LogP contribution is 2.48. The van der Waals surface area contributed by atoms with Crippen molar-refractivity contribution in [1.82, 2.24) is 0 Å². The van der Waals surface area contributed by atoms with Crippen molar-refractivity contribution >= 4 is 11.0 Å². The van der Waals surface area contributed by atoms with Gasteiger partial charge in [-0.1, -0.05) is 42.5 Å². The zero-order valence-corrected chi connectivity index (χ0v) is 13.2. The van der Waals surface area contributed by atoms with Crippen molar-refractivity contribution in [2.24, 2.45) is 0 Å². The molecular weight excluding hydrogens is 308 g/mol. The number of para-hydroxylation sites is 1. The highest BCUT2D eigenvalue weighted by atomic mass is 16.6. The third-order valence-corrected chi connectivity index (χ3v) is 4.66. The van der Waals surface area contributed by atoms with E-state index in [0.29, 0.717) is 11.0 Å². The van der Waals surface area contributed by atoms with Gasteiger partial charge in [-0.25, -0.2) is 4.79 Å². The second-order valence-corrected chi connectivity index (χ2v) is 6.30. The van der Waals surface area contributed by atoms with E-state index >= 15 is 0 Å². The van der Waals surface area contributed by atoms with Gasteiger partial charge in [-0.15, -0.1) is 0 Å². The lowest BCUT2D eigenvalue weighted by Crippen LogP contribution is -2.48. The Morgan fingerprint density at radius 3 is 2.38 bits per heavy atom. The second-order valence-electron chi connectivity index (χ2n) is 6.30. The fourth-order valence-electron chi connectivity index (χ4n) is 3.10. The van der Waals surface area contributed by atoms with Gasteiger partial charge in [-0.3, -0.25) is 0 Å². The Morgan fingerprint density at radius 2 is 1.67 bits per heavy atom. The number of ether oxygens (including phenoxy) is 1. The van der Waals surface area contributed by atoms with Crippen LogP contribution >= 0.6 is 0 Å². The van der Waals surface area contributed by atoms with Crippen molar-refractivity contribution in [2.75, 3.05) is 0 Å². The first-order chi connectivity index (χ1) is 11.3. The van der Waals surface area contributed by atoms with Crippen molar-refractivity contribution < 1.29 is 19.4 Å². The highest BCUT2D eigenvalue weighted by molar-refractivity contribution is 5.96. The quantitative estimate of drug-likeness (QED) is 0.673. The van der Waals surface area contributed by atoms with Crippen molar-refractivity contribution in [3.63, 3.8) is 0 Å². The molecule has 2 heterocycles. The molecule has 5 nitrogen and oxygen atoms in total. The minimum atomic E-state index is -1.92. The average molecular weight is 324 g/mol. The van der Waals surface area contributed by atoms with E-state index in [0.717, 1.165) is 11.1 Å². The molecule has 1 aliphatic rings. The summed E-state index contributed by atoms with van der Waals surface area (Å²) in [6, 6.07) is 14.9. The van der Waals surface area contributed by atoms with E-state index in [1.165, 1.54) is 13.8 Å². The fourth-order valence-corrected chi connectivity index (χ4v) is 3.10. The van der Waals surface area contributed by atoms with Gasteiger partial charge in [0.2, 0.25) is 5.79 Å². The van der Waals surface area contributed by atoms with Crippen LogP contribution in [0.5, 0.6) is 5.75 Å². The predicted octanol–water partition coefficient (Wildman–Crippen LogP) is 2.77. The third kappa shape index (κ3) is 1.85. The van der Waals surface area contributed by atoms with Gasteiger partial charge < -0.3 is 19.4 Å². The van der Waals surface area contributed by atoms with Gasteiger partial charge >= 0.3 is 5.63 Å². The van der Waals surface area contributed by atoms with E-state index in [9.17, 15) is 15.0 Å². The lowest BCUT2D eigenvalue weighted by atomic mass is 9.90. The van der Waals surface area contributed by atoms with Gasteiger partial charge in [0, 0.05) is 12.5 Å². The van der Waals surface area contributed by atoms with E-state index in [-0.39, 0.29) is 11.3 Å². The molecule has 2 atom stereocenters. The molecule has 1 aromatic heterocycles. The standard InChI is InChI=1S/C19H16O5/c1-18(21)14-16(24-19(18,2)22)13-10-6-9-12(15(13)23-17(14)20)11-7-4-3-5-8-11/h3-10,21-22H,1-2H3. The Balaban J connectivity index is 2.09. The first-order valence-electron chi connectivity index (χ1n) is 7.62. The Bertz CT molecular complexity index is 999. The summed E-state index contributed by atoms with van der Waals surface area (Å²) in [5, 5.41) is 21.5. The highest BCUT2D eigenvalue weighted by Gasteiger charge is 2.56. The third-order valence-electron chi connectivity index (χ3n) is 4.66. The van der Waals surface area contributed by atoms with Crippen LogP contribution in [-0.2, 0) is 5.60 Å². The lowest BCUT2D eigenvalue weighted by molar-refractivity contribution is -0.224. The minimum absolute atomic E-state index is 0.0646. The second kappa shape index (κ2) is 4.69. The molecule has 0 fully saturated rings. The molecule has 5 heteroatoms. The van der Waals surface area contributed by atoms with Gasteiger partial charge in [0.25, 0.3) is 0 Å². The predicted molar refractivity (Wildman–Crippen MR) is 88.7 cm³/mol. The summed E-state index contributed by atoms with van der Waals surface area (Å²) in [5.74, 6) is -1.75. The van der Waals surface area contributed by atoms with Crippen LogP contribution in [0.2, 0.25) is 0 Å². The molecule has 4 rings (SSSR count).